The summed E-state index contributed by atoms with van der Waals surface area (Å²) in [5, 5.41) is 17.9. The van der Waals surface area contributed by atoms with E-state index in [1.165, 1.54) is 11.1 Å². The predicted molar refractivity (Wildman–Crippen MR) is 61.9 cm³/mol. The van der Waals surface area contributed by atoms with E-state index in [0.29, 0.717) is 0 Å². The fourth-order valence-corrected chi connectivity index (χ4v) is 1.53. The molecule has 0 amide bonds. The minimum absolute atomic E-state index is 0.223. The Labute approximate surface area is 91.6 Å². The van der Waals surface area contributed by atoms with E-state index in [4.69, 9.17) is 10.2 Å². The predicted octanol–water partition coefficient (Wildman–Crippen LogP) is 1.92. The van der Waals surface area contributed by atoms with Gasteiger partial charge >= 0.3 is 0 Å². The monoisotopic (exact) mass is 208 g/mol. The van der Waals surface area contributed by atoms with Crippen LogP contribution in [0.4, 0.5) is 0 Å². The third kappa shape index (κ3) is 4.96. The molecule has 1 aromatic rings. The van der Waals surface area contributed by atoms with E-state index in [2.05, 4.69) is 24.3 Å². The fraction of sp³-hybridized carbons (Fsp3) is 0.538. The minimum Gasteiger partial charge on any atom is -0.396 e. The smallest absolute Gasteiger partial charge is 0.0515 e. The molecule has 1 unspecified atom stereocenters. The normalized spacial score (nSPS) is 12.7. The highest BCUT2D eigenvalue weighted by Crippen LogP contribution is 2.09. The highest BCUT2D eigenvalue weighted by molar-refractivity contribution is 5.22. The molecule has 0 radical (unpaired) electrons. The molecule has 0 heterocycles. The van der Waals surface area contributed by atoms with E-state index in [9.17, 15) is 0 Å². The van der Waals surface area contributed by atoms with Crippen LogP contribution in [0.15, 0.2) is 24.3 Å². The zero-order valence-electron chi connectivity index (χ0n) is 9.32. The summed E-state index contributed by atoms with van der Waals surface area (Å²) in [5.74, 6) is 0. The number of rotatable bonds is 6. The van der Waals surface area contributed by atoms with Crippen molar-refractivity contribution in [3.05, 3.63) is 35.4 Å². The summed E-state index contributed by atoms with van der Waals surface area (Å²) < 4.78 is 0. The zero-order valence-corrected chi connectivity index (χ0v) is 9.32. The van der Waals surface area contributed by atoms with Crippen LogP contribution in [0.3, 0.4) is 0 Å². The molecule has 0 saturated carbocycles. The number of aliphatic hydroxyl groups excluding tert-OH is 2. The van der Waals surface area contributed by atoms with Crippen LogP contribution < -0.4 is 0 Å². The van der Waals surface area contributed by atoms with Crippen molar-refractivity contribution in [1.82, 2.24) is 0 Å². The lowest BCUT2D eigenvalue weighted by molar-refractivity contribution is 0.185. The van der Waals surface area contributed by atoms with Gasteiger partial charge in [-0.1, -0.05) is 24.3 Å². The largest absolute Gasteiger partial charge is 0.396 e. The second-order valence-corrected chi connectivity index (χ2v) is 4.03. The molecule has 1 rings (SSSR count). The van der Waals surface area contributed by atoms with Crippen molar-refractivity contribution in [3.63, 3.8) is 0 Å². The molecular formula is C13H20O2. The van der Waals surface area contributed by atoms with Gasteiger partial charge in [0.05, 0.1) is 6.10 Å². The number of hydrogen-bond donors (Lipinski definition) is 2. The van der Waals surface area contributed by atoms with Gasteiger partial charge in [0.15, 0.2) is 0 Å². The summed E-state index contributed by atoms with van der Waals surface area (Å²) in [6, 6.07) is 8.42. The Bertz CT molecular complexity index is 264. The summed E-state index contributed by atoms with van der Waals surface area (Å²) in [5.41, 5.74) is 2.54. The second-order valence-electron chi connectivity index (χ2n) is 4.03. The molecule has 0 aromatic heterocycles. The molecule has 0 bridgehead atoms. The number of aryl methyl sites for hydroxylation is 2. The van der Waals surface area contributed by atoms with Gasteiger partial charge in [-0.25, -0.2) is 0 Å². The van der Waals surface area contributed by atoms with Gasteiger partial charge in [0.2, 0.25) is 0 Å². The lowest BCUT2D eigenvalue weighted by Crippen LogP contribution is -2.01. The Balaban J connectivity index is 2.41. The van der Waals surface area contributed by atoms with Crippen molar-refractivity contribution in [2.24, 2.45) is 0 Å². The summed E-state index contributed by atoms with van der Waals surface area (Å²) in [6.07, 6.45) is 3.28. The average molecular weight is 208 g/mol. The Hall–Kier alpha value is -0.860. The van der Waals surface area contributed by atoms with Crippen LogP contribution in [-0.4, -0.2) is 22.9 Å². The van der Waals surface area contributed by atoms with Gasteiger partial charge in [-0.3, -0.25) is 0 Å². The Morgan fingerprint density at radius 1 is 1.07 bits per heavy atom. The maximum Gasteiger partial charge on any atom is 0.0515 e. The van der Waals surface area contributed by atoms with Crippen LogP contribution in [0.25, 0.3) is 0 Å². The standard InChI is InChI=1S/C13H20O2/c1-11(15)4-5-13-8-6-12(7-9-13)3-2-10-14/h6-9,11,14-15H,2-5,10H2,1H3. The molecule has 0 aliphatic rings. The van der Waals surface area contributed by atoms with Gasteiger partial charge in [-0.15, -0.1) is 0 Å². The van der Waals surface area contributed by atoms with Crippen molar-refractivity contribution in [2.45, 2.75) is 38.7 Å². The summed E-state index contributed by atoms with van der Waals surface area (Å²) in [7, 11) is 0. The maximum absolute atomic E-state index is 9.16. The first kappa shape index (κ1) is 12.2. The molecule has 0 aliphatic carbocycles. The lowest BCUT2D eigenvalue weighted by atomic mass is 10.0. The van der Waals surface area contributed by atoms with E-state index >= 15 is 0 Å². The molecule has 0 spiro atoms. The zero-order chi connectivity index (χ0) is 11.1. The topological polar surface area (TPSA) is 40.5 Å². The van der Waals surface area contributed by atoms with Gasteiger partial charge in [0.25, 0.3) is 0 Å². The first-order valence-electron chi connectivity index (χ1n) is 5.59. The van der Waals surface area contributed by atoms with Crippen molar-refractivity contribution in [2.75, 3.05) is 6.61 Å². The van der Waals surface area contributed by atoms with Crippen molar-refractivity contribution in [1.29, 1.82) is 0 Å². The molecule has 1 aromatic carbocycles. The molecule has 0 saturated heterocycles. The minimum atomic E-state index is -0.223. The van der Waals surface area contributed by atoms with Gasteiger partial charge in [0.1, 0.15) is 0 Å². The molecular weight excluding hydrogens is 188 g/mol. The Morgan fingerprint density at radius 2 is 1.60 bits per heavy atom. The highest BCUT2D eigenvalue weighted by atomic mass is 16.3. The van der Waals surface area contributed by atoms with Crippen LogP contribution in [0.5, 0.6) is 0 Å². The lowest BCUT2D eigenvalue weighted by Gasteiger charge is -2.05. The van der Waals surface area contributed by atoms with E-state index in [0.717, 1.165) is 25.7 Å². The maximum atomic E-state index is 9.16. The Kier molecular flexibility index (Phi) is 5.37. The van der Waals surface area contributed by atoms with Crippen LogP contribution in [-0.2, 0) is 12.8 Å². The van der Waals surface area contributed by atoms with Gasteiger partial charge in [0, 0.05) is 6.61 Å². The third-order valence-electron chi connectivity index (χ3n) is 2.50. The van der Waals surface area contributed by atoms with Crippen molar-refractivity contribution < 1.29 is 10.2 Å². The van der Waals surface area contributed by atoms with Crippen LogP contribution in [0, 0.1) is 0 Å². The number of benzene rings is 1. The highest BCUT2D eigenvalue weighted by Gasteiger charge is 1.98. The Morgan fingerprint density at radius 3 is 2.07 bits per heavy atom. The van der Waals surface area contributed by atoms with Crippen LogP contribution >= 0.6 is 0 Å². The molecule has 84 valence electrons. The first-order chi connectivity index (χ1) is 7.22. The molecule has 1 atom stereocenters. The summed E-state index contributed by atoms with van der Waals surface area (Å²) >= 11 is 0. The van der Waals surface area contributed by atoms with Crippen LogP contribution in [0.1, 0.15) is 30.9 Å². The van der Waals surface area contributed by atoms with E-state index < -0.39 is 0 Å². The van der Waals surface area contributed by atoms with Crippen LogP contribution in [0.2, 0.25) is 0 Å². The SMILES string of the molecule is CC(O)CCc1ccc(CCCO)cc1. The van der Waals surface area contributed by atoms with E-state index in [1.54, 1.807) is 0 Å². The third-order valence-corrected chi connectivity index (χ3v) is 2.50. The molecule has 2 heteroatoms. The average Bonchev–Trinajstić information content (AvgIpc) is 2.25. The summed E-state index contributed by atoms with van der Waals surface area (Å²) in [6.45, 7) is 2.07. The number of hydrogen-bond acceptors (Lipinski definition) is 2. The molecule has 15 heavy (non-hydrogen) atoms. The van der Waals surface area contributed by atoms with E-state index in [1.807, 2.05) is 6.92 Å². The molecule has 2 nitrogen and oxygen atoms in total. The quantitative estimate of drug-likeness (QED) is 0.750. The molecule has 0 fully saturated rings. The first-order valence-corrected chi connectivity index (χ1v) is 5.59. The fourth-order valence-electron chi connectivity index (χ4n) is 1.53. The van der Waals surface area contributed by atoms with E-state index in [-0.39, 0.29) is 12.7 Å². The van der Waals surface area contributed by atoms with Gasteiger partial charge < -0.3 is 10.2 Å². The molecule has 2 N–H and O–H groups in total. The van der Waals surface area contributed by atoms with Crippen molar-refractivity contribution in [3.8, 4) is 0 Å². The summed E-state index contributed by atoms with van der Waals surface area (Å²) in [4.78, 5) is 0. The second kappa shape index (κ2) is 6.59. The van der Waals surface area contributed by atoms with Gasteiger partial charge in [-0.05, 0) is 43.7 Å². The number of aliphatic hydroxyl groups is 2. The molecule has 0 aliphatic heterocycles. The van der Waals surface area contributed by atoms with Crippen molar-refractivity contribution >= 4 is 0 Å². The van der Waals surface area contributed by atoms with Gasteiger partial charge in [-0.2, -0.15) is 0 Å².